The van der Waals surface area contributed by atoms with Crippen molar-refractivity contribution in [3.8, 4) is 11.5 Å². The fourth-order valence-electron chi connectivity index (χ4n) is 1.94. The standard InChI is InChI=1S/C16H26O4/c1-5-13-11-16(20-10-8-18-4)14(6-2)12-15(13)19-9-7-17-3/h11-12H,5-10H2,1-4H3. The van der Waals surface area contributed by atoms with Crippen molar-refractivity contribution in [3.05, 3.63) is 23.3 Å². The Kier molecular flexibility index (Phi) is 8.07. The molecular formula is C16H26O4. The van der Waals surface area contributed by atoms with Crippen LogP contribution in [0.2, 0.25) is 0 Å². The van der Waals surface area contributed by atoms with Crippen LogP contribution in [0, 0.1) is 0 Å². The third kappa shape index (κ3) is 5.02. The highest BCUT2D eigenvalue weighted by Gasteiger charge is 2.10. The maximum absolute atomic E-state index is 5.79. The smallest absolute Gasteiger partial charge is 0.123 e. The van der Waals surface area contributed by atoms with Gasteiger partial charge in [0.1, 0.15) is 24.7 Å². The summed E-state index contributed by atoms with van der Waals surface area (Å²) < 4.78 is 21.6. The Morgan fingerprint density at radius 1 is 0.700 bits per heavy atom. The minimum atomic E-state index is 0.566. The summed E-state index contributed by atoms with van der Waals surface area (Å²) >= 11 is 0. The molecule has 0 aliphatic heterocycles. The summed E-state index contributed by atoms with van der Waals surface area (Å²) in [5, 5.41) is 0. The van der Waals surface area contributed by atoms with Crippen molar-refractivity contribution in [2.75, 3.05) is 40.6 Å². The van der Waals surface area contributed by atoms with Gasteiger partial charge in [-0.15, -0.1) is 0 Å². The van der Waals surface area contributed by atoms with Crippen molar-refractivity contribution in [1.29, 1.82) is 0 Å². The molecule has 0 atom stereocenters. The molecule has 0 spiro atoms. The van der Waals surface area contributed by atoms with Crippen LogP contribution in [-0.2, 0) is 22.3 Å². The van der Waals surface area contributed by atoms with E-state index in [1.807, 2.05) is 0 Å². The molecule has 0 fully saturated rings. The molecule has 4 heteroatoms. The zero-order valence-electron chi connectivity index (χ0n) is 13.0. The second kappa shape index (κ2) is 9.61. The van der Waals surface area contributed by atoms with E-state index in [1.54, 1.807) is 14.2 Å². The van der Waals surface area contributed by atoms with E-state index in [4.69, 9.17) is 18.9 Å². The fraction of sp³-hybridized carbons (Fsp3) is 0.625. The van der Waals surface area contributed by atoms with E-state index in [2.05, 4.69) is 26.0 Å². The fourth-order valence-corrected chi connectivity index (χ4v) is 1.94. The molecule has 0 unspecified atom stereocenters. The van der Waals surface area contributed by atoms with Gasteiger partial charge in [-0.1, -0.05) is 13.8 Å². The lowest BCUT2D eigenvalue weighted by atomic mass is 10.1. The molecule has 0 radical (unpaired) electrons. The van der Waals surface area contributed by atoms with E-state index in [9.17, 15) is 0 Å². The topological polar surface area (TPSA) is 36.9 Å². The number of methoxy groups -OCH3 is 2. The van der Waals surface area contributed by atoms with E-state index >= 15 is 0 Å². The van der Waals surface area contributed by atoms with E-state index in [0.717, 1.165) is 35.5 Å². The summed E-state index contributed by atoms with van der Waals surface area (Å²) in [6.07, 6.45) is 1.82. The van der Waals surface area contributed by atoms with Gasteiger partial charge in [-0.2, -0.15) is 0 Å². The van der Waals surface area contributed by atoms with Gasteiger partial charge in [0.05, 0.1) is 13.2 Å². The van der Waals surface area contributed by atoms with Gasteiger partial charge in [0.25, 0.3) is 0 Å². The quantitative estimate of drug-likeness (QED) is 0.618. The average molecular weight is 282 g/mol. The molecule has 0 bridgehead atoms. The number of ether oxygens (including phenoxy) is 4. The Hall–Kier alpha value is -1.26. The third-order valence-electron chi connectivity index (χ3n) is 3.10. The normalized spacial score (nSPS) is 10.6. The van der Waals surface area contributed by atoms with E-state index in [0.29, 0.717) is 26.4 Å². The van der Waals surface area contributed by atoms with Crippen LogP contribution in [0.5, 0.6) is 11.5 Å². The van der Waals surface area contributed by atoms with Crippen molar-refractivity contribution < 1.29 is 18.9 Å². The molecule has 0 aliphatic carbocycles. The van der Waals surface area contributed by atoms with E-state index < -0.39 is 0 Å². The maximum atomic E-state index is 5.79. The highest BCUT2D eigenvalue weighted by Crippen LogP contribution is 2.30. The number of benzene rings is 1. The first kappa shape index (κ1) is 16.8. The van der Waals surface area contributed by atoms with Crippen LogP contribution in [0.1, 0.15) is 25.0 Å². The van der Waals surface area contributed by atoms with Crippen LogP contribution in [0.25, 0.3) is 0 Å². The van der Waals surface area contributed by atoms with Crippen LogP contribution in [-0.4, -0.2) is 40.6 Å². The predicted molar refractivity (Wildman–Crippen MR) is 79.9 cm³/mol. The number of hydrogen-bond donors (Lipinski definition) is 0. The largest absolute Gasteiger partial charge is 0.491 e. The Morgan fingerprint density at radius 2 is 1.10 bits per heavy atom. The Labute approximate surface area is 122 Å². The predicted octanol–water partition coefficient (Wildman–Crippen LogP) is 2.86. The van der Waals surface area contributed by atoms with Gasteiger partial charge in [0, 0.05) is 14.2 Å². The summed E-state index contributed by atoms with van der Waals surface area (Å²) in [6, 6.07) is 4.16. The molecule has 1 aromatic rings. The Bertz CT molecular complexity index is 353. The zero-order valence-corrected chi connectivity index (χ0v) is 13.0. The van der Waals surface area contributed by atoms with Gasteiger partial charge >= 0.3 is 0 Å². The molecular weight excluding hydrogens is 256 g/mol. The Balaban J connectivity index is 2.85. The Morgan fingerprint density at radius 3 is 1.40 bits per heavy atom. The molecule has 0 heterocycles. The zero-order chi connectivity index (χ0) is 14.8. The second-order valence-electron chi connectivity index (χ2n) is 4.46. The van der Waals surface area contributed by atoms with Gasteiger partial charge in [0.2, 0.25) is 0 Å². The van der Waals surface area contributed by atoms with E-state index in [1.165, 1.54) is 0 Å². The van der Waals surface area contributed by atoms with Gasteiger partial charge in [-0.25, -0.2) is 0 Å². The van der Waals surface area contributed by atoms with Crippen molar-refractivity contribution in [3.63, 3.8) is 0 Å². The van der Waals surface area contributed by atoms with Crippen molar-refractivity contribution in [1.82, 2.24) is 0 Å². The van der Waals surface area contributed by atoms with Crippen molar-refractivity contribution >= 4 is 0 Å². The first-order valence-electron chi connectivity index (χ1n) is 7.16. The van der Waals surface area contributed by atoms with Crippen LogP contribution >= 0.6 is 0 Å². The summed E-state index contributed by atoms with van der Waals surface area (Å²) in [4.78, 5) is 0. The molecule has 0 saturated heterocycles. The SMILES string of the molecule is CCc1cc(OCCOC)c(CC)cc1OCCOC. The van der Waals surface area contributed by atoms with Crippen LogP contribution < -0.4 is 9.47 Å². The third-order valence-corrected chi connectivity index (χ3v) is 3.10. The van der Waals surface area contributed by atoms with Gasteiger partial charge < -0.3 is 18.9 Å². The van der Waals surface area contributed by atoms with Gasteiger partial charge in [0.15, 0.2) is 0 Å². The molecule has 0 amide bonds. The summed E-state index contributed by atoms with van der Waals surface area (Å²) in [7, 11) is 3.35. The molecule has 0 aromatic heterocycles. The first-order valence-corrected chi connectivity index (χ1v) is 7.16. The monoisotopic (exact) mass is 282 g/mol. The van der Waals surface area contributed by atoms with Crippen molar-refractivity contribution in [2.45, 2.75) is 26.7 Å². The number of hydrogen-bond acceptors (Lipinski definition) is 4. The lowest BCUT2D eigenvalue weighted by molar-refractivity contribution is 0.143. The van der Waals surface area contributed by atoms with Gasteiger partial charge in [-0.3, -0.25) is 0 Å². The average Bonchev–Trinajstić information content (AvgIpc) is 2.48. The van der Waals surface area contributed by atoms with Gasteiger partial charge in [-0.05, 0) is 36.1 Å². The lowest BCUT2D eigenvalue weighted by Crippen LogP contribution is -2.09. The highest BCUT2D eigenvalue weighted by molar-refractivity contribution is 5.46. The van der Waals surface area contributed by atoms with Crippen LogP contribution in [0.3, 0.4) is 0 Å². The van der Waals surface area contributed by atoms with Crippen LogP contribution in [0.15, 0.2) is 12.1 Å². The number of aryl methyl sites for hydroxylation is 2. The van der Waals surface area contributed by atoms with E-state index in [-0.39, 0.29) is 0 Å². The van der Waals surface area contributed by atoms with Crippen molar-refractivity contribution in [2.24, 2.45) is 0 Å². The summed E-state index contributed by atoms with van der Waals surface area (Å²) in [6.45, 7) is 6.55. The highest BCUT2D eigenvalue weighted by atomic mass is 16.5. The molecule has 0 N–H and O–H groups in total. The minimum absolute atomic E-state index is 0.566. The molecule has 0 aliphatic rings. The molecule has 1 aromatic carbocycles. The molecule has 114 valence electrons. The second-order valence-corrected chi connectivity index (χ2v) is 4.46. The first-order chi connectivity index (χ1) is 9.76. The minimum Gasteiger partial charge on any atom is -0.491 e. The molecule has 1 rings (SSSR count). The maximum Gasteiger partial charge on any atom is 0.123 e. The van der Waals surface area contributed by atoms with Crippen LogP contribution in [0.4, 0.5) is 0 Å². The molecule has 20 heavy (non-hydrogen) atoms. The summed E-state index contributed by atoms with van der Waals surface area (Å²) in [5.74, 6) is 1.86. The lowest BCUT2D eigenvalue weighted by Gasteiger charge is -2.16. The number of rotatable bonds is 10. The molecule has 0 saturated carbocycles. The summed E-state index contributed by atoms with van der Waals surface area (Å²) in [5.41, 5.74) is 2.32. The molecule has 4 nitrogen and oxygen atoms in total.